The normalized spacial score (nSPS) is 10.2. The minimum Gasteiger partial charge on any atom is -0.478 e. The zero-order valence-corrected chi connectivity index (χ0v) is 10.6. The molecule has 0 aliphatic heterocycles. The summed E-state index contributed by atoms with van der Waals surface area (Å²) in [6.45, 7) is 1.82. The summed E-state index contributed by atoms with van der Waals surface area (Å²) < 4.78 is 5.30. The van der Waals surface area contributed by atoms with Gasteiger partial charge in [-0.05, 0) is 19.1 Å². The van der Waals surface area contributed by atoms with Crippen LogP contribution in [0.4, 0.5) is 11.4 Å². The van der Waals surface area contributed by atoms with Crippen molar-refractivity contribution in [2.24, 2.45) is 0 Å². The number of aromatic carboxylic acids is 1. The minimum absolute atomic E-state index is 0.0168. The number of nitrogens with zero attached hydrogens (tertiary/aromatic N) is 1. The number of carboxylic acids is 1. The molecule has 20 heavy (non-hydrogen) atoms. The fourth-order valence-electron chi connectivity index (χ4n) is 1.76. The summed E-state index contributed by atoms with van der Waals surface area (Å²) in [4.78, 5) is 21.0. The number of hydrogen-bond donors (Lipinski definition) is 2. The lowest BCUT2D eigenvalue weighted by Crippen LogP contribution is -1.99. The van der Waals surface area contributed by atoms with Crippen molar-refractivity contribution in [3.63, 3.8) is 0 Å². The Morgan fingerprint density at radius 1 is 1.45 bits per heavy atom. The van der Waals surface area contributed by atoms with Crippen molar-refractivity contribution >= 4 is 17.3 Å². The van der Waals surface area contributed by atoms with Crippen LogP contribution in [0.2, 0.25) is 0 Å². The maximum Gasteiger partial charge on any atom is 0.339 e. The Morgan fingerprint density at radius 3 is 2.80 bits per heavy atom. The highest BCUT2D eigenvalue weighted by Crippen LogP contribution is 2.19. The van der Waals surface area contributed by atoms with Crippen molar-refractivity contribution in [3.8, 4) is 0 Å². The van der Waals surface area contributed by atoms with Gasteiger partial charge in [-0.2, -0.15) is 0 Å². The van der Waals surface area contributed by atoms with Crippen LogP contribution >= 0.6 is 0 Å². The highest BCUT2D eigenvalue weighted by Gasteiger charge is 2.13. The number of carboxylic acid groups (broad SMARTS) is 1. The van der Waals surface area contributed by atoms with E-state index in [4.69, 9.17) is 9.52 Å². The summed E-state index contributed by atoms with van der Waals surface area (Å²) in [5.41, 5.74) is 0.655. The van der Waals surface area contributed by atoms with Gasteiger partial charge in [0.25, 0.3) is 5.69 Å². The number of aryl methyl sites for hydroxylation is 1. The van der Waals surface area contributed by atoms with Crippen LogP contribution in [0, 0.1) is 17.0 Å². The molecule has 0 saturated heterocycles. The second-order valence-corrected chi connectivity index (χ2v) is 4.15. The van der Waals surface area contributed by atoms with Gasteiger partial charge >= 0.3 is 5.97 Å². The molecular weight excluding hydrogens is 264 g/mol. The van der Waals surface area contributed by atoms with E-state index in [-0.39, 0.29) is 17.8 Å². The molecule has 0 unspecified atom stereocenters. The average Bonchev–Trinajstić information content (AvgIpc) is 2.78. The van der Waals surface area contributed by atoms with Gasteiger partial charge in [0, 0.05) is 17.8 Å². The quantitative estimate of drug-likeness (QED) is 0.642. The van der Waals surface area contributed by atoms with Crippen molar-refractivity contribution in [2.75, 3.05) is 5.32 Å². The van der Waals surface area contributed by atoms with Crippen molar-refractivity contribution in [3.05, 3.63) is 57.5 Å². The number of non-ortho nitro benzene ring substituents is 1. The van der Waals surface area contributed by atoms with E-state index in [0.717, 1.165) is 0 Å². The molecule has 0 aliphatic rings. The molecular formula is C13H12N2O5. The summed E-state index contributed by atoms with van der Waals surface area (Å²) in [6, 6.07) is 7.47. The minimum atomic E-state index is -1.05. The maximum atomic E-state index is 10.9. The van der Waals surface area contributed by atoms with Gasteiger partial charge in [0.15, 0.2) is 0 Å². The molecule has 1 aromatic heterocycles. The van der Waals surface area contributed by atoms with Gasteiger partial charge < -0.3 is 14.8 Å². The molecule has 0 aliphatic carbocycles. The first-order valence-corrected chi connectivity index (χ1v) is 5.78. The standard InChI is InChI=1S/C13H12N2O5/c1-8-12(13(16)17)6-11(20-8)7-14-9-3-2-4-10(5-9)15(18)19/h2-6,14H,7H2,1H3,(H,16,17). The van der Waals surface area contributed by atoms with Gasteiger partial charge in [0.1, 0.15) is 17.1 Å². The lowest BCUT2D eigenvalue weighted by atomic mass is 10.2. The third-order valence-electron chi connectivity index (χ3n) is 2.72. The number of nitro benzene ring substituents is 1. The number of anilines is 1. The van der Waals surface area contributed by atoms with Crippen LogP contribution < -0.4 is 5.32 Å². The van der Waals surface area contributed by atoms with Crippen molar-refractivity contribution in [2.45, 2.75) is 13.5 Å². The fourth-order valence-corrected chi connectivity index (χ4v) is 1.76. The molecule has 0 amide bonds. The maximum absolute atomic E-state index is 10.9. The highest BCUT2D eigenvalue weighted by atomic mass is 16.6. The lowest BCUT2D eigenvalue weighted by Gasteiger charge is -2.03. The van der Waals surface area contributed by atoms with Gasteiger partial charge in [-0.1, -0.05) is 6.07 Å². The molecule has 2 aromatic rings. The van der Waals surface area contributed by atoms with Gasteiger partial charge in [0.2, 0.25) is 0 Å². The third kappa shape index (κ3) is 2.94. The Bertz CT molecular complexity index is 663. The molecule has 0 fully saturated rings. The summed E-state index contributed by atoms with van der Waals surface area (Å²) in [6.07, 6.45) is 0. The monoisotopic (exact) mass is 276 g/mol. The SMILES string of the molecule is Cc1oc(CNc2cccc([N+](=O)[O-])c2)cc1C(=O)O. The van der Waals surface area contributed by atoms with E-state index < -0.39 is 10.9 Å². The Hall–Kier alpha value is -2.83. The average molecular weight is 276 g/mol. The summed E-state index contributed by atoms with van der Waals surface area (Å²) in [5.74, 6) is -0.271. The first kappa shape index (κ1) is 13.6. The number of furan rings is 1. The van der Waals surface area contributed by atoms with Crippen LogP contribution in [0.1, 0.15) is 21.9 Å². The van der Waals surface area contributed by atoms with Crippen LogP contribution in [0.5, 0.6) is 0 Å². The molecule has 0 bridgehead atoms. The van der Waals surface area contributed by atoms with Crippen molar-refractivity contribution in [1.82, 2.24) is 0 Å². The van der Waals surface area contributed by atoms with E-state index in [2.05, 4.69) is 5.32 Å². The van der Waals surface area contributed by atoms with Crippen LogP contribution in [-0.2, 0) is 6.54 Å². The van der Waals surface area contributed by atoms with E-state index in [0.29, 0.717) is 17.2 Å². The molecule has 7 nitrogen and oxygen atoms in total. The smallest absolute Gasteiger partial charge is 0.339 e. The first-order chi connectivity index (χ1) is 9.47. The molecule has 1 aromatic carbocycles. The topological polar surface area (TPSA) is 106 Å². The summed E-state index contributed by atoms with van der Waals surface area (Å²) in [7, 11) is 0. The number of carbonyl (C=O) groups is 1. The van der Waals surface area contributed by atoms with Crippen molar-refractivity contribution < 1.29 is 19.2 Å². The number of nitrogens with one attached hydrogen (secondary N) is 1. The Morgan fingerprint density at radius 2 is 2.20 bits per heavy atom. The predicted molar refractivity (Wildman–Crippen MR) is 70.8 cm³/mol. The zero-order valence-electron chi connectivity index (χ0n) is 10.6. The molecule has 2 rings (SSSR count). The largest absolute Gasteiger partial charge is 0.478 e. The third-order valence-corrected chi connectivity index (χ3v) is 2.72. The van der Waals surface area contributed by atoms with Gasteiger partial charge in [-0.25, -0.2) is 4.79 Å². The highest BCUT2D eigenvalue weighted by molar-refractivity contribution is 5.88. The number of hydrogen-bond acceptors (Lipinski definition) is 5. The molecule has 0 saturated carbocycles. The van der Waals surface area contributed by atoms with E-state index >= 15 is 0 Å². The van der Waals surface area contributed by atoms with Crippen LogP contribution in [0.15, 0.2) is 34.7 Å². The second kappa shape index (κ2) is 5.43. The Balaban J connectivity index is 2.09. The Kier molecular flexibility index (Phi) is 3.69. The van der Waals surface area contributed by atoms with Gasteiger partial charge in [-0.3, -0.25) is 10.1 Å². The lowest BCUT2D eigenvalue weighted by molar-refractivity contribution is -0.384. The van der Waals surface area contributed by atoms with Crippen LogP contribution in [0.25, 0.3) is 0 Å². The van der Waals surface area contributed by atoms with E-state index in [1.807, 2.05) is 0 Å². The molecule has 1 heterocycles. The summed E-state index contributed by atoms with van der Waals surface area (Å²) >= 11 is 0. The number of benzene rings is 1. The summed E-state index contributed by atoms with van der Waals surface area (Å²) in [5, 5.41) is 22.5. The molecule has 2 N–H and O–H groups in total. The molecule has 0 atom stereocenters. The van der Waals surface area contributed by atoms with Crippen LogP contribution in [-0.4, -0.2) is 16.0 Å². The van der Waals surface area contributed by atoms with Gasteiger partial charge in [0.05, 0.1) is 11.5 Å². The fraction of sp³-hybridized carbons (Fsp3) is 0.154. The van der Waals surface area contributed by atoms with E-state index in [1.54, 1.807) is 19.1 Å². The zero-order chi connectivity index (χ0) is 14.7. The van der Waals surface area contributed by atoms with E-state index in [9.17, 15) is 14.9 Å². The van der Waals surface area contributed by atoms with Crippen molar-refractivity contribution in [1.29, 1.82) is 0 Å². The molecule has 104 valence electrons. The predicted octanol–water partition coefficient (Wildman–Crippen LogP) is 2.81. The Labute approximate surface area is 114 Å². The molecule has 7 heteroatoms. The second-order valence-electron chi connectivity index (χ2n) is 4.15. The van der Waals surface area contributed by atoms with Crippen LogP contribution in [0.3, 0.4) is 0 Å². The number of rotatable bonds is 5. The van der Waals surface area contributed by atoms with E-state index in [1.165, 1.54) is 18.2 Å². The van der Waals surface area contributed by atoms with Gasteiger partial charge in [-0.15, -0.1) is 0 Å². The molecule has 0 radical (unpaired) electrons. The molecule has 0 spiro atoms. The number of nitro groups is 1. The first-order valence-electron chi connectivity index (χ1n) is 5.78.